The number of hydrogen-bond acceptors (Lipinski definition) is 2. The van der Waals surface area contributed by atoms with Gasteiger partial charge in [-0.25, -0.2) is 0 Å². The summed E-state index contributed by atoms with van der Waals surface area (Å²) in [6.07, 6.45) is 2.13. The Morgan fingerprint density at radius 1 is 1.18 bits per heavy atom. The summed E-state index contributed by atoms with van der Waals surface area (Å²) in [5.41, 5.74) is 4.15. The summed E-state index contributed by atoms with van der Waals surface area (Å²) in [4.78, 5) is 4.35. The van der Waals surface area contributed by atoms with Crippen LogP contribution >= 0.6 is 0 Å². The molecule has 0 spiro atoms. The second-order valence-corrected chi connectivity index (χ2v) is 4.16. The smallest absolute Gasteiger partial charge is 0.0790 e. The van der Waals surface area contributed by atoms with Crippen LogP contribution in [0, 0.1) is 6.92 Å². The topological polar surface area (TPSA) is 33.1 Å². The second kappa shape index (κ2) is 5.11. The molecular formula is C15H17NO. The van der Waals surface area contributed by atoms with Crippen LogP contribution in [0.3, 0.4) is 0 Å². The van der Waals surface area contributed by atoms with Crippen molar-refractivity contribution in [2.45, 2.75) is 26.4 Å². The lowest BCUT2D eigenvalue weighted by Crippen LogP contribution is -2.00. The number of pyridine rings is 1. The third kappa shape index (κ3) is 2.37. The molecule has 1 N–H and O–H groups in total. The summed E-state index contributed by atoms with van der Waals surface area (Å²) in [6.45, 7) is 4.02. The maximum atomic E-state index is 9.96. The largest absolute Gasteiger partial charge is 0.388 e. The summed E-state index contributed by atoms with van der Waals surface area (Å²) >= 11 is 0. The van der Waals surface area contributed by atoms with Crippen LogP contribution in [0.4, 0.5) is 0 Å². The highest BCUT2D eigenvalue weighted by atomic mass is 16.3. The maximum Gasteiger partial charge on any atom is 0.0790 e. The fourth-order valence-corrected chi connectivity index (χ4v) is 2.03. The quantitative estimate of drug-likeness (QED) is 0.870. The standard InChI is InChI=1S/C15H17NO/c1-3-15(17)13-8-6-7-12(11(13)2)14-9-4-5-10-16-14/h4-10,15,17H,3H2,1-2H3. The van der Waals surface area contributed by atoms with Gasteiger partial charge >= 0.3 is 0 Å². The van der Waals surface area contributed by atoms with Crippen LogP contribution in [0.5, 0.6) is 0 Å². The molecule has 2 rings (SSSR count). The summed E-state index contributed by atoms with van der Waals surface area (Å²) in [6, 6.07) is 11.9. The van der Waals surface area contributed by atoms with Gasteiger partial charge in [0, 0.05) is 11.8 Å². The van der Waals surface area contributed by atoms with E-state index in [1.807, 2.05) is 50.2 Å². The van der Waals surface area contributed by atoms with Gasteiger partial charge in [0.2, 0.25) is 0 Å². The first-order valence-corrected chi connectivity index (χ1v) is 5.93. The lowest BCUT2D eigenvalue weighted by atomic mass is 9.95. The van der Waals surface area contributed by atoms with E-state index in [4.69, 9.17) is 0 Å². The monoisotopic (exact) mass is 227 g/mol. The van der Waals surface area contributed by atoms with Crippen LogP contribution < -0.4 is 0 Å². The average Bonchev–Trinajstić information content (AvgIpc) is 2.39. The minimum atomic E-state index is -0.390. The van der Waals surface area contributed by atoms with E-state index >= 15 is 0 Å². The molecule has 1 atom stereocenters. The normalized spacial score (nSPS) is 12.4. The number of aliphatic hydroxyl groups is 1. The highest BCUT2D eigenvalue weighted by molar-refractivity contribution is 5.65. The zero-order chi connectivity index (χ0) is 12.3. The van der Waals surface area contributed by atoms with Gasteiger partial charge in [0.25, 0.3) is 0 Å². The molecule has 0 saturated heterocycles. The summed E-state index contributed by atoms with van der Waals surface area (Å²) in [5, 5.41) is 9.96. The van der Waals surface area contributed by atoms with Gasteiger partial charge in [-0.15, -0.1) is 0 Å². The first-order valence-electron chi connectivity index (χ1n) is 5.93. The molecule has 2 heteroatoms. The van der Waals surface area contributed by atoms with Crippen LogP contribution in [0.15, 0.2) is 42.6 Å². The Labute approximate surface area is 102 Å². The van der Waals surface area contributed by atoms with Crippen molar-refractivity contribution in [3.8, 4) is 11.3 Å². The number of aromatic nitrogens is 1. The van der Waals surface area contributed by atoms with Crippen molar-refractivity contribution in [3.63, 3.8) is 0 Å². The molecule has 0 aliphatic rings. The van der Waals surface area contributed by atoms with Gasteiger partial charge < -0.3 is 5.11 Å². The van der Waals surface area contributed by atoms with Crippen molar-refractivity contribution in [3.05, 3.63) is 53.7 Å². The maximum absolute atomic E-state index is 9.96. The molecule has 0 bridgehead atoms. The molecule has 1 unspecified atom stereocenters. The molecule has 0 radical (unpaired) electrons. The van der Waals surface area contributed by atoms with E-state index in [1.54, 1.807) is 6.20 Å². The zero-order valence-corrected chi connectivity index (χ0v) is 10.2. The lowest BCUT2D eigenvalue weighted by Gasteiger charge is -2.14. The Kier molecular flexibility index (Phi) is 3.55. The van der Waals surface area contributed by atoms with E-state index in [-0.39, 0.29) is 0 Å². The predicted molar refractivity (Wildman–Crippen MR) is 69.7 cm³/mol. The number of hydrogen-bond donors (Lipinski definition) is 1. The van der Waals surface area contributed by atoms with E-state index in [0.717, 1.165) is 28.8 Å². The predicted octanol–water partition coefficient (Wildman–Crippen LogP) is 3.50. The number of rotatable bonds is 3. The Hall–Kier alpha value is -1.67. The Morgan fingerprint density at radius 2 is 2.00 bits per heavy atom. The fraction of sp³-hybridized carbons (Fsp3) is 0.267. The number of benzene rings is 1. The van der Waals surface area contributed by atoms with Crippen LogP contribution in [0.2, 0.25) is 0 Å². The molecule has 0 aliphatic heterocycles. The molecule has 1 aromatic carbocycles. The number of nitrogens with zero attached hydrogens (tertiary/aromatic N) is 1. The van der Waals surface area contributed by atoms with E-state index in [9.17, 15) is 5.11 Å². The van der Waals surface area contributed by atoms with E-state index in [0.29, 0.717) is 0 Å². The van der Waals surface area contributed by atoms with Crippen molar-refractivity contribution < 1.29 is 5.11 Å². The molecule has 88 valence electrons. The van der Waals surface area contributed by atoms with Crippen molar-refractivity contribution in [2.24, 2.45) is 0 Å². The molecule has 0 aliphatic carbocycles. The molecule has 1 heterocycles. The van der Waals surface area contributed by atoms with E-state index in [1.165, 1.54) is 0 Å². The van der Waals surface area contributed by atoms with Crippen LogP contribution in [0.25, 0.3) is 11.3 Å². The SMILES string of the molecule is CCC(O)c1cccc(-c2ccccn2)c1C. The lowest BCUT2D eigenvalue weighted by molar-refractivity contribution is 0.173. The van der Waals surface area contributed by atoms with Crippen molar-refractivity contribution >= 4 is 0 Å². The molecule has 0 saturated carbocycles. The van der Waals surface area contributed by atoms with Crippen molar-refractivity contribution in [1.29, 1.82) is 0 Å². The van der Waals surface area contributed by atoms with Gasteiger partial charge in [0.05, 0.1) is 11.8 Å². The molecule has 17 heavy (non-hydrogen) atoms. The molecule has 2 aromatic rings. The van der Waals surface area contributed by atoms with Gasteiger partial charge in [-0.1, -0.05) is 31.2 Å². The van der Waals surface area contributed by atoms with Crippen LogP contribution in [-0.4, -0.2) is 10.1 Å². The number of aliphatic hydroxyl groups excluding tert-OH is 1. The average molecular weight is 227 g/mol. The van der Waals surface area contributed by atoms with Crippen LogP contribution in [0.1, 0.15) is 30.6 Å². The Morgan fingerprint density at radius 3 is 2.65 bits per heavy atom. The Bertz CT molecular complexity index is 494. The molecular weight excluding hydrogens is 210 g/mol. The highest BCUT2D eigenvalue weighted by Gasteiger charge is 2.11. The van der Waals surface area contributed by atoms with Gasteiger partial charge in [-0.2, -0.15) is 0 Å². The third-order valence-electron chi connectivity index (χ3n) is 3.06. The first-order chi connectivity index (χ1) is 8.24. The third-order valence-corrected chi connectivity index (χ3v) is 3.06. The highest BCUT2D eigenvalue weighted by Crippen LogP contribution is 2.28. The van der Waals surface area contributed by atoms with Gasteiger partial charge in [0.1, 0.15) is 0 Å². The van der Waals surface area contributed by atoms with Crippen molar-refractivity contribution in [1.82, 2.24) is 4.98 Å². The van der Waals surface area contributed by atoms with Crippen LogP contribution in [-0.2, 0) is 0 Å². The minimum Gasteiger partial charge on any atom is -0.388 e. The van der Waals surface area contributed by atoms with E-state index < -0.39 is 6.10 Å². The summed E-state index contributed by atoms with van der Waals surface area (Å²) in [7, 11) is 0. The summed E-state index contributed by atoms with van der Waals surface area (Å²) in [5.74, 6) is 0. The second-order valence-electron chi connectivity index (χ2n) is 4.16. The molecule has 0 fully saturated rings. The van der Waals surface area contributed by atoms with Crippen molar-refractivity contribution in [2.75, 3.05) is 0 Å². The molecule has 2 nitrogen and oxygen atoms in total. The first kappa shape index (κ1) is 11.8. The summed E-state index contributed by atoms with van der Waals surface area (Å²) < 4.78 is 0. The van der Waals surface area contributed by atoms with Gasteiger partial charge in [0.15, 0.2) is 0 Å². The minimum absolute atomic E-state index is 0.390. The Balaban J connectivity index is 2.50. The van der Waals surface area contributed by atoms with E-state index in [2.05, 4.69) is 4.98 Å². The fourth-order valence-electron chi connectivity index (χ4n) is 2.03. The zero-order valence-electron chi connectivity index (χ0n) is 10.2. The van der Waals surface area contributed by atoms with Gasteiger partial charge in [-0.05, 0) is 36.6 Å². The molecule has 1 aromatic heterocycles. The molecule has 0 amide bonds. The van der Waals surface area contributed by atoms with Gasteiger partial charge in [-0.3, -0.25) is 4.98 Å².